The summed E-state index contributed by atoms with van der Waals surface area (Å²) in [4.78, 5) is 0. The third-order valence-corrected chi connectivity index (χ3v) is 4.65. The fourth-order valence-electron chi connectivity index (χ4n) is 3.05. The molecule has 2 N–H and O–H groups in total. The predicted molar refractivity (Wildman–Crippen MR) is 89.2 cm³/mol. The molecule has 0 saturated carbocycles. The van der Waals surface area contributed by atoms with Gasteiger partial charge in [0, 0.05) is 17.1 Å². The van der Waals surface area contributed by atoms with Gasteiger partial charge in [-0.05, 0) is 48.1 Å². The number of hydrogen-bond acceptors (Lipinski definition) is 2. The molecule has 0 aromatic heterocycles. The lowest BCUT2D eigenvalue weighted by Gasteiger charge is -2.27. The summed E-state index contributed by atoms with van der Waals surface area (Å²) in [7, 11) is 0. The molecule has 0 aliphatic heterocycles. The number of aliphatic hydroxyl groups excluding tert-OH is 1. The largest absolute Gasteiger partial charge is 0.387 e. The molecule has 1 aliphatic rings. The minimum atomic E-state index is -0.475. The first-order valence-electron chi connectivity index (χ1n) is 7.49. The number of fused-ring (bicyclic) bond motifs is 1. The van der Waals surface area contributed by atoms with Gasteiger partial charge in [-0.2, -0.15) is 0 Å². The molecule has 3 rings (SSSR count). The van der Waals surface area contributed by atoms with Crippen molar-refractivity contribution in [2.75, 3.05) is 6.54 Å². The van der Waals surface area contributed by atoms with Crippen LogP contribution in [-0.4, -0.2) is 11.7 Å². The summed E-state index contributed by atoms with van der Waals surface area (Å²) in [5.41, 5.74) is 3.78. The van der Waals surface area contributed by atoms with Crippen LogP contribution in [0.1, 0.15) is 41.7 Å². The Balaban J connectivity index is 1.66. The summed E-state index contributed by atoms with van der Waals surface area (Å²) in [6, 6.07) is 16.9. The Morgan fingerprint density at radius 3 is 2.90 bits per heavy atom. The summed E-state index contributed by atoms with van der Waals surface area (Å²) in [5.74, 6) is 0. The number of aryl methyl sites for hydroxylation is 1. The smallest absolute Gasteiger partial charge is 0.0914 e. The van der Waals surface area contributed by atoms with Crippen LogP contribution in [0.3, 0.4) is 0 Å². The Labute approximate surface area is 134 Å². The van der Waals surface area contributed by atoms with Crippen molar-refractivity contribution < 1.29 is 5.11 Å². The van der Waals surface area contributed by atoms with Gasteiger partial charge in [-0.25, -0.2) is 0 Å². The first kappa shape index (κ1) is 14.8. The van der Waals surface area contributed by atoms with Crippen LogP contribution in [-0.2, 0) is 6.42 Å². The van der Waals surface area contributed by atoms with Crippen molar-refractivity contribution in [3.63, 3.8) is 0 Å². The van der Waals surface area contributed by atoms with Crippen LogP contribution in [0.5, 0.6) is 0 Å². The minimum Gasteiger partial charge on any atom is -0.387 e. The molecule has 2 atom stereocenters. The highest BCUT2D eigenvalue weighted by Gasteiger charge is 2.20. The Kier molecular flexibility index (Phi) is 4.73. The molecule has 0 saturated heterocycles. The Morgan fingerprint density at radius 1 is 1.19 bits per heavy atom. The van der Waals surface area contributed by atoms with Crippen LogP contribution in [0.25, 0.3) is 0 Å². The molecule has 1 aliphatic carbocycles. The SMILES string of the molecule is OC(CNC1CCCc2ccccc21)c1cccc(Br)c1. The highest BCUT2D eigenvalue weighted by atomic mass is 79.9. The van der Waals surface area contributed by atoms with Crippen LogP contribution in [0.4, 0.5) is 0 Å². The van der Waals surface area contributed by atoms with E-state index >= 15 is 0 Å². The number of benzene rings is 2. The summed E-state index contributed by atoms with van der Waals surface area (Å²) < 4.78 is 1.00. The van der Waals surface area contributed by atoms with E-state index in [1.165, 1.54) is 24.0 Å². The molecule has 2 aromatic rings. The van der Waals surface area contributed by atoms with Crippen molar-refractivity contribution >= 4 is 15.9 Å². The molecule has 0 bridgehead atoms. The lowest BCUT2D eigenvalue weighted by atomic mass is 9.87. The van der Waals surface area contributed by atoms with Crippen LogP contribution in [0.2, 0.25) is 0 Å². The van der Waals surface area contributed by atoms with Crippen LogP contribution in [0.15, 0.2) is 53.0 Å². The van der Waals surface area contributed by atoms with Gasteiger partial charge in [0.15, 0.2) is 0 Å². The van der Waals surface area contributed by atoms with E-state index in [-0.39, 0.29) is 0 Å². The fourth-order valence-corrected chi connectivity index (χ4v) is 3.47. The lowest BCUT2D eigenvalue weighted by molar-refractivity contribution is 0.168. The fraction of sp³-hybridized carbons (Fsp3) is 0.333. The van der Waals surface area contributed by atoms with E-state index in [0.29, 0.717) is 12.6 Å². The minimum absolute atomic E-state index is 0.358. The second-order valence-corrected chi connectivity index (χ2v) is 6.54. The summed E-state index contributed by atoms with van der Waals surface area (Å²) in [6.45, 7) is 0.579. The first-order valence-corrected chi connectivity index (χ1v) is 8.28. The average molecular weight is 346 g/mol. The quantitative estimate of drug-likeness (QED) is 0.872. The third kappa shape index (κ3) is 3.54. The summed E-state index contributed by atoms with van der Waals surface area (Å²) >= 11 is 3.45. The maximum absolute atomic E-state index is 10.3. The van der Waals surface area contributed by atoms with E-state index in [0.717, 1.165) is 16.5 Å². The zero-order valence-corrected chi connectivity index (χ0v) is 13.5. The molecule has 0 radical (unpaired) electrons. The van der Waals surface area contributed by atoms with Gasteiger partial charge in [-0.1, -0.05) is 52.3 Å². The molecular formula is C18H20BrNO. The van der Waals surface area contributed by atoms with Gasteiger partial charge in [0.05, 0.1) is 6.10 Å². The summed E-state index contributed by atoms with van der Waals surface area (Å²) in [6.07, 6.45) is 3.04. The molecule has 2 aromatic carbocycles. The van der Waals surface area contributed by atoms with Gasteiger partial charge < -0.3 is 10.4 Å². The number of rotatable bonds is 4. The molecule has 3 heteroatoms. The Bertz CT molecular complexity index is 614. The molecule has 0 fully saturated rings. The zero-order chi connectivity index (χ0) is 14.7. The lowest BCUT2D eigenvalue weighted by Crippen LogP contribution is -2.29. The predicted octanol–water partition coefficient (Wildman–Crippen LogP) is 4.15. The highest BCUT2D eigenvalue weighted by molar-refractivity contribution is 9.10. The number of halogens is 1. The van der Waals surface area contributed by atoms with Gasteiger partial charge >= 0.3 is 0 Å². The van der Waals surface area contributed by atoms with Crippen molar-refractivity contribution in [2.45, 2.75) is 31.4 Å². The molecule has 2 nitrogen and oxygen atoms in total. The van der Waals surface area contributed by atoms with Crippen LogP contribution >= 0.6 is 15.9 Å². The Morgan fingerprint density at radius 2 is 2.05 bits per heavy atom. The normalized spacial score (nSPS) is 19.0. The van der Waals surface area contributed by atoms with Crippen LogP contribution < -0.4 is 5.32 Å². The van der Waals surface area contributed by atoms with Crippen molar-refractivity contribution in [2.24, 2.45) is 0 Å². The first-order chi connectivity index (χ1) is 10.2. The second-order valence-electron chi connectivity index (χ2n) is 5.62. The van der Waals surface area contributed by atoms with Crippen LogP contribution in [0, 0.1) is 0 Å². The third-order valence-electron chi connectivity index (χ3n) is 4.16. The summed E-state index contributed by atoms with van der Waals surface area (Å²) in [5, 5.41) is 13.9. The second kappa shape index (κ2) is 6.73. The molecule has 0 amide bonds. The zero-order valence-electron chi connectivity index (χ0n) is 11.9. The van der Waals surface area contributed by atoms with Crippen molar-refractivity contribution in [3.8, 4) is 0 Å². The van der Waals surface area contributed by atoms with Gasteiger partial charge in [0.25, 0.3) is 0 Å². The van der Waals surface area contributed by atoms with Gasteiger partial charge in [-0.3, -0.25) is 0 Å². The Hall–Kier alpha value is -1.16. The topological polar surface area (TPSA) is 32.3 Å². The molecule has 0 spiro atoms. The molecule has 110 valence electrons. The van der Waals surface area contributed by atoms with E-state index in [2.05, 4.69) is 45.5 Å². The van der Waals surface area contributed by atoms with Crippen molar-refractivity contribution in [3.05, 3.63) is 69.7 Å². The maximum Gasteiger partial charge on any atom is 0.0914 e. The van der Waals surface area contributed by atoms with Crippen molar-refractivity contribution in [1.29, 1.82) is 0 Å². The number of hydrogen-bond donors (Lipinski definition) is 2. The molecule has 2 unspecified atom stereocenters. The molecule has 21 heavy (non-hydrogen) atoms. The van der Waals surface area contributed by atoms with E-state index in [9.17, 15) is 5.11 Å². The molecular weight excluding hydrogens is 326 g/mol. The average Bonchev–Trinajstić information content (AvgIpc) is 2.52. The molecule has 0 heterocycles. The monoisotopic (exact) mass is 345 g/mol. The van der Waals surface area contributed by atoms with Gasteiger partial charge in [0.1, 0.15) is 0 Å². The van der Waals surface area contributed by atoms with Gasteiger partial charge in [-0.15, -0.1) is 0 Å². The van der Waals surface area contributed by atoms with E-state index < -0.39 is 6.10 Å². The maximum atomic E-state index is 10.3. The highest BCUT2D eigenvalue weighted by Crippen LogP contribution is 2.29. The van der Waals surface area contributed by atoms with E-state index in [4.69, 9.17) is 0 Å². The standard InChI is InChI=1S/C18H20BrNO/c19-15-8-3-7-14(11-15)18(21)12-20-17-10-4-6-13-5-1-2-9-16(13)17/h1-3,5,7-9,11,17-18,20-21H,4,6,10,12H2. The van der Waals surface area contributed by atoms with E-state index in [1.54, 1.807) is 0 Å². The number of aliphatic hydroxyl groups is 1. The number of nitrogens with one attached hydrogen (secondary N) is 1. The van der Waals surface area contributed by atoms with E-state index in [1.807, 2.05) is 24.3 Å². The van der Waals surface area contributed by atoms with Crippen molar-refractivity contribution in [1.82, 2.24) is 5.32 Å². The van der Waals surface area contributed by atoms with Gasteiger partial charge in [0.2, 0.25) is 0 Å².